The van der Waals surface area contributed by atoms with Gasteiger partial charge < -0.3 is 15.7 Å². The normalized spacial score (nSPS) is 23.2. The maximum Gasteiger partial charge on any atom is 0.248 e. The maximum atomic E-state index is 12.3. The zero-order valence-electron chi connectivity index (χ0n) is 19.6. The highest BCUT2D eigenvalue weighted by Crippen LogP contribution is 2.43. The zero-order valence-corrected chi connectivity index (χ0v) is 19.6. The van der Waals surface area contributed by atoms with Crippen molar-refractivity contribution in [3.05, 3.63) is 48.0 Å². The largest absolute Gasteiger partial charge is 0.387 e. The summed E-state index contributed by atoms with van der Waals surface area (Å²) in [4.78, 5) is 28.3. The second kappa shape index (κ2) is 10.6. The molecule has 0 radical (unpaired) electrons. The number of rotatable bonds is 11. The molecule has 6 nitrogen and oxygen atoms in total. The summed E-state index contributed by atoms with van der Waals surface area (Å²) in [5.74, 6) is -0.0983. The number of aliphatic hydroxyl groups is 1. The van der Waals surface area contributed by atoms with Gasteiger partial charge in [0.2, 0.25) is 11.8 Å². The van der Waals surface area contributed by atoms with Crippen LogP contribution in [0.15, 0.2) is 36.9 Å². The Labute approximate surface area is 192 Å². The van der Waals surface area contributed by atoms with Gasteiger partial charge in [0.05, 0.1) is 0 Å². The SMILES string of the molecule is C=CCC(C)(C)CN(CCCN1[C@@H]2CC[C@H]1CC(c1cccc(C(N)=O)c1)C2)C(=O)CO. The molecule has 6 heteroatoms. The highest BCUT2D eigenvalue weighted by atomic mass is 16.3. The van der Waals surface area contributed by atoms with Crippen molar-refractivity contribution >= 4 is 11.8 Å². The Kier molecular flexibility index (Phi) is 8.12. The number of aliphatic hydroxyl groups excluding tert-OH is 1. The minimum absolute atomic E-state index is 0.0522. The quantitative estimate of drug-likeness (QED) is 0.516. The lowest BCUT2D eigenvalue weighted by Gasteiger charge is -2.40. The van der Waals surface area contributed by atoms with Gasteiger partial charge in [0.25, 0.3) is 0 Å². The highest BCUT2D eigenvalue weighted by molar-refractivity contribution is 5.92. The molecule has 2 bridgehead atoms. The third kappa shape index (κ3) is 5.99. The molecule has 1 unspecified atom stereocenters. The topological polar surface area (TPSA) is 86.9 Å². The number of hydrogen-bond donors (Lipinski definition) is 2. The van der Waals surface area contributed by atoms with Crippen LogP contribution in [0.3, 0.4) is 0 Å². The van der Waals surface area contributed by atoms with Gasteiger partial charge in [-0.3, -0.25) is 14.5 Å². The van der Waals surface area contributed by atoms with Crippen molar-refractivity contribution in [3.8, 4) is 0 Å². The molecule has 0 aromatic heterocycles. The third-order valence-electron chi connectivity index (χ3n) is 7.18. The average Bonchev–Trinajstić information content (AvgIpc) is 2.99. The molecule has 3 rings (SSSR count). The van der Waals surface area contributed by atoms with E-state index in [1.54, 1.807) is 6.07 Å². The van der Waals surface area contributed by atoms with Gasteiger partial charge in [0.15, 0.2) is 0 Å². The molecule has 0 spiro atoms. The lowest BCUT2D eigenvalue weighted by atomic mass is 9.84. The first-order valence-electron chi connectivity index (χ1n) is 11.9. The van der Waals surface area contributed by atoms with Crippen LogP contribution >= 0.6 is 0 Å². The number of primary amides is 1. The molecule has 2 amide bonds. The Balaban J connectivity index is 1.56. The molecule has 2 saturated heterocycles. The number of carbonyl (C=O) groups excluding carboxylic acids is 2. The van der Waals surface area contributed by atoms with Gasteiger partial charge in [-0.05, 0) is 67.6 Å². The van der Waals surface area contributed by atoms with Crippen molar-refractivity contribution in [2.75, 3.05) is 26.2 Å². The van der Waals surface area contributed by atoms with Crippen molar-refractivity contribution < 1.29 is 14.7 Å². The van der Waals surface area contributed by atoms with Crippen LogP contribution < -0.4 is 5.73 Å². The molecule has 3 atom stereocenters. The van der Waals surface area contributed by atoms with E-state index in [0.29, 0.717) is 36.7 Å². The van der Waals surface area contributed by atoms with Gasteiger partial charge in [-0.25, -0.2) is 0 Å². The predicted octanol–water partition coefficient (Wildman–Crippen LogP) is 3.31. The van der Waals surface area contributed by atoms with Gasteiger partial charge in [0, 0.05) is 37.3 Å². The van der Waals surface area contributed by atoms with Crippen LogP contribution in [0.25, 0.3) is 0 Å². The minimum atomic E-state index is -0.439. The summed E-state index contributed by atoms with van der Waals surface area (Å²) < 4.78 is 0. The summed E-state index contributed by atoms with van der Waals surface area (Å²) in [6.07, 6.45) is 8.25. The van der Waals surface area contributed by atoms with Crippen molar-refractivity contribution in [2.45, 2.75) is 70.4 Å². The van der Waals surface area contributed by atoms with Crippen LogP contribution in [0.4, 0.5) is 0 Å². The number of carbonyl (C=O) groups is 2. The summed E-state index contributed by atoms with van der Waals surface area (Å²) in [6.45, 7) is 9.91. The Morgan fingerprint density at radius 1 is 1.28 bits per heavy atom. The molecule has 3 N–H and O–H groups in total. The molecular weight excluding hydrogens is 402 g/mol. The van der Waals surface area contributed by atoms with Crippen LogP contribution in [0.1, 0.15) is 74.2 Å². The standard InChI is InChI=1S/C26H39N3O3/c1-4-11-26(2,3)18-28(24(31)17-30)12-6-13-29-22-9-10-23(29)16-21(15-22)19-7-5-8-20(14-19)25(27)32/h4-5,7-8,14,21-23,30H,1,6,9-13,15-18H2,2-3H3,(H2,27,32)/t21?,22-,23+. The fourth-order valence-corrected chi connectivity index (χ4v) is 5.67. The minimum Gasteiger partial charge on any atom is -0.387 e. The monoisotopic (exact) mass is 441 g/mol. The molecule has 0 saturated carbocycles. The van der Waals surface area contributed by atoms with Gasteiger partial charge in [-0.1, -0.05) is 32.1 Å². The van der Waals surface area contributed by atoms with E-state index in [-0.39, 0.29) is 17.2 Å². The highest BCUT2D eigenvalue weighted by Gasteiger charge is 2.40. The first kappa shape index (κ1) is 24.5. The smallest absolute Gasteiger partial charge is 0.248 e. The van der Waals surface area contributed by atoms with Crippen molar-refractivity contribution in [1.82, 2.24) is 9.80 Å². The van der Waals surface area contributed by atoms with Gasteiger partial charge in [-0.15, -0.1) is 6.58 Å². The van der Waals surface area contributed by atoms with Crippen molar-refractivity contribution in [2.24, 2.45) is 11.1 Å². The first-order chi connectivity index (χ1) is 15.2. The molecule has 2 aliphatic heterocycles. The van der Waals surface area contributed by atoms with E-state index in [0.717, 1.165) is 32.2 Å². The maximum absolute atomic E-state index is 12.3. The molecule has 2 heterocycles. The fourth-order valence-electron chi connectivity index (χ4n) is 5.67. The van der Waals surface area contributed by atoms with Crippen LogP contribution in [-0.2, 0) is 4.79 Å². The number of allylic oxidation sites excluding steroid dienone is 1. The van der Waals surface area contributed by atoms with E-state index < -0.39 is 6.61 Å². The number of hydrogen-bond acceptors (Lipinski definition) is 4. The fraction of sp³-hybridized carbons (Fsp3) is 0.615. The van der Waals surface area contributed by atoms with Crippen molar-refractivity contribution in [3.63, 3.8) is 0 Å². The molecule has 1 aromatic rings. The zero-order chi connectivity index (χ0) is 23.3. The molecular formula is C26H39N3O3. The number of nitrogens with two attached hydrogens (primary N) is 1. The second-order valence-corrected chi connectivity index (χ2v) is 10.3. The molecule has 2 fully saturated rings. The third-order valence-corrected chi connectivity index (χ3v) is 7.18. The molecule has 32 heavy (non-hydrogen) atoms. The molecule has 176 valence electrons. The number of fused-ring (bicyclic) bond motifs is 2. The summed E-state index contributed by atoms with van der Waals surface area (Å²) in [5, 5.41) is 9.41. The lowest BCUT2D eigenvalue weighted by molar-refractivity contribution is -0.135. The van der Waals surface area contributed by atoms with Crippen LogP contribution in [-0.4, -0.2) is 65.0 Å². The van der Waals surface area contributed by atoms with E-state index >= 15 is 0 Å². The predicted molar refractivity (Wildman–Crippen MR) is 127 cm³/mol. The molecule has 1 aromatic carbocycles. The van der Waals surface area contributed by atoms with E-state index in [1.165, 1.54) is 18.4 Å². The Hall–Kier alpha value is -2.18. The van der Waals surface area contributed by atoms with Crippen molar-refractivity contribution in [1.29, 1.82) is 0 Å². The Morgan fingerprint density at radius 2 is 1.97 bits per heavy atom. The number of piperidine rings is 1. The first-order valence-corrected chi connectivity index (χ1v) is 11.9. The number of amides is 2. The molecule has 0 aliphatic carbocycles. The van der Waals surface area contributed by atoms with E-state index in [2.05, 4.69) is 31.4 Å². The van der Waals surface area contributed by atoms with Crippen LogP contribution in [0, 0.1) is 5.41 Å². The Morgan fingerprint density at radius 3 is 2.56 bits per heavy atom. The summed E-state index contributed by atoms with van der Waals surface area (Å²) >= 11 is 0. The summed E-state index contributed by atoms with van der Waals surface area (Å²) in [5.41, 5.74) is 7.23. The number of benzene rings is 1. The molecule has 2 aliphatic rings. The van der Waals surface area contributed by atoms with E-state index in [9.17, 15) is 14.7 Å². The van der Waals surface area contributed by atoms with E-state index in [1.807, 2.05) is 23.1 Å². The van der Waals surface area contributed by atoms with E-state index in [4.69, 9.17) is 5.73 Å². The van der Waals surface area contributed by atoms with Crippen LogP contribution in [0.2, 0.25) is 0 Å². The number of nitrogens with zero attached hydrogens (tertiary/aromatic N) is 2. The Bertz CT molecular complexity index is 808. The van der Waals surface area contributed by atoms with Gasteiger partial charge in [0.1, 0.15) is 6.61 Å². The summed E-state index contributed by atoms with van der Waals surface area (Å²) in [7, 11) is 0. The lowest BCUT2D eigenvalue weighted by Crippen LogP contribution is -2.45. The van der Waals surface area contributed by atoms with Gasteiger partial charge >= 0.3 is 0 Å². The van der Waals surface area contributed by atoms with Gasteiger partial charge in [-0.2, -0.15) is 0 Å². The van der Waals surface area contributed by atoms with Crippen LogP contribution in [0.5, 0.6) is 0 Å². The summed E-state index contributed by atoms with van der Waals surface area (Å²) in [6, 6.07) is 8.90. The second-order valence-electron chi connectivity index (χ2n) is 10.3. The average molecular weight is 442 g/mol.